The van der Waals surface area contributed by atoms with Crippen LogP contribution in [0.25, 0.3) is 0 Å². The summed E-state index contributed by atoms with van der Waals surface area (Å²) in [6.07, 6.45) is -4.08. The van der Waals surface area contributed by atoms with E-state index in [0.717, 1.165) is 6.29 Å². The summed E-state index contributed by atoms with van der Waals surface area (Å²) in [6.45, 7) is 11.6. The van der Waals surface area contributed by atoms with E-state index in [4.69, 9.17) is 23.7 Å². The van der Waals surface area contributed by atoms with Crippen LogP contribution >= 0.6 is 0 Å². The molecule has 0 aromatic rings. The van der Waals surface area contributed by atoms with Crippen molar-refractivity contribution in [3.63, 3.8) is 0 Å². The number of rotatable bonds is 9. The van der Waals surface area contributed by atoms with E-state index in [1.807, 2.05) is 6.92 Å². The first-order chi connectivity index (χ1) is 24.3. The molecule has 5 N–H and O–H groups in total. The van der Waals surface area contributed by atoms with E-state index in [1.54, 1.807) is 65.8 Å². The van der Waals surface area contributed by atoms with Gasteiger partial charge in [-0.3, -0.25) is 9.59 Å². The number of carbonyl (C=O) groups excluding carboxylic acids is 3. The number of likely N-dealkylation sites (N-methyl/N-ethyl adjacent to an activating group) is 1. The van der Waals surface area contributed by atoms with Gasteiger partial charge in [-0.25, -0.2) is 0 Å². The van der Waals surface area contributed by atoms with Crippen molar-refractivity contribution >= 4 is 18.0 Å². The van der Waals surface area contributed by atoms with Crippen LogP contribution in [0.15, 0.2) is 23.8 Å². The second kappa shape index (κ2) is 19.5. The maximum atomic E-state index is 13.3. The van der Waals surface area contributed by atoms with Gasteiger partial charge in [-0.05, 0) is 66.6 Å². The molecule has 0 amide bonds. The summed E-state index contributed by atoms with van der Waals surface area (Å²) in [5, 5.41) is 54.5. The lowest BCUT2D eigenvalue weighted by Gasteiger charge is -2.50. The fourth-order valence-electron chi connectivity index (χ4n) is 7.68. The van der Waals surface area contributed by atoms with E-state index in [-0.39, 0.29) is 31.7 Å². The molecule has 14 heteroatoms. The maximum absolute atomic E-state index is 13.3. The molecule has 3 aliphatic heterocycles. The van der Waals surface area contributed by atoms with Crippen LogP contribution in [0.3, 0.4) is 0 Å². The zero-order chi connectivity index (χ0) is 39.1. The molecule has 2 saturated heterocycles. The molecule has 0 bridgehead atoms. The second-order valence-corrected chi connectivity index (χ2v) is 15.5. The van der Waals surface area contributed by atoms with Gasteiger partial charge in [-0.2, -0.15) is 0 Å². The van der Waals surface area contributed by atoms with Gasteiger partial charge in [0.2, 0.25) is 0 Å². The molecule has 2 fully saturated rings. The zero-order valence-electron chi connectivity index (χ0n) is 32.2. The topological polar surface area (TPSA) is 202 Å². The number of aliphatic hydroxyl groups is 5. The number of aldehydes is 1. The van der Waals surface area contributed by atoms with Crippen molar-refractivity contribution in [2.45, 2.75) is 154 Å². The summed E-state index contributed by atoms with van der Waals surface area (Å²) >= 11 is 0. The smallest absolute Gasteiger partial charge is 0.308 e. The highest BCUT2D eigenvalue weighted by atomic mass is 16.7. The third kappa shape index (κ3) is 11.2. The van der Waals surface area contributed by atoms with Crippen molar-refractivity contribution in [2.75, 3.05) is 20.7 Å². The first-order valence-corrected chi connectivity index (χ1v) is 18.5. The number of esters is 1. The Bertz CT molecular complexity index is 1240. The number of carbonyl (C=O) groups is 3. The summed E-state index contributed by atoms with van der Waals surface area (Å²) in [6, 6.07) is -0.720. The molecule has 3 rings (SSSR count). The van der Waals surface area contributed by atoms with Gasteiger partial charge in [-0.15, -0.1) is 0 Å². The molecule has 3 heterocycles. The second-order valence-electron chi connectivity index (χ2n) is 15.5. The summed E-state index contributed by atoms with van der Waals surface area (Å²) in [5.74, 6) is -3.38. The maximum Gasteiger partial charge on any atom is 0.308 e. The Morgan fingerprint density at radius 3 is 2.27 bits per heavy atom. The van der Waals surface area contributed by atoms with Crippen LogP contribution < -0.4 is 0 Å². The van der Waals surface area contributed by atoms with Gasteiger partial charge in [0.1, 0.15) is 30.7 Å². The highest BCUT2D eigenvalue weighted by Crippen LogP contribution is 2.37. The lowest BCUT2D eigenvalue weighted by atomic mass is 9.79. The third-order valence-electron chi connectivity index (χ3n) is 10.9. The molecule has 3 aliphatic rings. The van der Waals surface area contributed by atoms with Gasteiger partial charge < -0.3 is 58.9 Å². The van der Waals surface area contributed by atoms with Crippen LogP contribution in [0.1, 0.15) is 80.6 Å². The number of hydrogen-bond donors (Lipinski definition) is 5. The van der Waals surface area contributed by atoms with E-state index in [2.05, 4.69) is 0 Å². The predicted octanol–water partition coefficient (Wildman–Crippen LogP) is 1.67. The average molecular weight is 742 g/mol. The molecule has 16 atom stereocenters. The summed E-state index contributed by atoms with van der Waals surface area (Å²) < 4.78 is 30.7. The lowest BCUT2D eigenvalue weighted by molar-refractivity contribution is -0.341. The van der Waals surface area contributed by atoms with Crippen molar-refractivity contribution < 1.29 is 63.6 Å². The monoisotopic (exact) mass is 741 g/mol. The van der Waals surface area contributed by atoms with Crippen LogP contribution in [-0.4, -0.2) is 142 Å². The number of cyclic esters (lactones) is 1. The molecule has 0 aromatic heterocycles. The minimum absolute atomic E-state index is 0.0210. The fourth-order valence-corrected chi connectivity index (χ4v) is 7.68. The Morgan fingerprint density at radius 2 is 1.69 bits per heavy atom. The Balaban J connectivity index is 1.96. The highest BCUT2D eigenvalue weighted by Gasteiger charge is 2.51. The Kier molecular flexibility index (Phi) is 16.6. The van der Waals surface area contributed by atoms with Crippen LogP contribution in [0, 0.1) is 23.7 Å². The Labute approximate surface area is 308 Å². The molecule has 0 aliphatic carbocycles. The normalized spacial score (nSPS) is 44.8. The van der Waals surface area contributed by atoms with Gasteiger partial charge in [0.05, 0.1) is 49.1 Å². The van der Waals surface area contributed by atoms with E-state index in [0.29, 0.717) is 12.0 Å². The van der Waals surface area contributed by atoms with Crippen molar-refractivity contribution in [2.24, 2.45) is 23.7 Å². The highest BCUT2D eigenvalue weighted by molar-refractivity contribution is 5.91. The largest absolute Gasteiger partial charge is 0.462 e. The number of ether oxygens (including phenoxy) is 5. The predicted molar refractivity (Wildman–Crippen MR) is 190 cm³/mol. The quantitative estimate of drug-likeness (QED) is 0.169. The van der Waals surface area contributed by atoms with Crippen LogP contribution in [0.5, 0.6) is 0 Å². The lowest BCUT2D eigenvalue weighted by Crippen LogP contribution is -2.65. The number of allylic oxidation sites excluding steroid dienone is 3. The molecule has 0 saturated carbocycles. The van der Waals surface area contributed by atoms with Crippen molar-refractivity contribution in [1.82, 2.24) is 4.90 Å². The number of hydrogen-bond acceptors (Lipinski definition) is 14. The number of ketones is 1. The first kappa shape index (κ1) is 44.3. The summed E-state index contributed by atoms with van der Waals surface area (Å²) in [7, 11) is 3.51. The Hall–Kier alpha value is -2.11. The standard InChI is InChI=1S/C38H63NO13/c1-10-29-26(19-41)15-20(2)11-12-27(42)21(3)16-25(13-14-40)34(22(4)28(43)17-30(44)50-29)52-37-33(45)32(39(8)9)35(23(5)49-37)51-31-18-38(7,47)36(46)24(6)48-31/h11-12,14-15,21-26,28-29,31-37,41,43,45-47H,10,13,16-19H2,1-9H3/b12-11+,20-15+/t21-,22+,23-,24+,25?,26-,28-,29-,31+,32-,33-,34-,35-,36+,37+,38-/m1/s1. The minimum Gasteiger partial charge on any atom is -0.462 e. The molecule has 0 radical (unpaired) electrons. The SMILES string of the molecule is CC[C@H]1OC(=O)C[C@@H](O)[C@H](C)[C@@H](O[C@@H]2O[C@H](C)[C@@H](O[C@H]3C[C@@](C)(O)[C@@H](O)[C@H](C)O3)[C@H](N(C)C)[C@H]2O)C(CC=O)C[C@@H](C)C(=O)/C=C/C(C)=C/[C@@H]1CO. The minimum atomic E-state index is -1.47. The van der Waals surface area contributed by atoms with Gasteiger partial charge in [0.25, 0.3) is 0 Å². The summed E-state index contributed by atoms with van der Waals surface area (Å²) in [5.41, 5.74) is -0.773. The van der Waals surface area contributed by atoms with E-state index >= 15 is 0 Å². The zero-order valence-corrected chi connectivity index (χ0v) is 32.2. The molecule has 298 valence electrons. The van der Waals surface area contributed by atoms with Crippen LogP contribution in [-0.2, 0) is 38.1 Å². The molecule has 14 nitrogen and oxygen atoms in total. The third-order valence-corrected chi connectivity index (χ3v) is 10.9. The van der Waals surface area contributed by atoms with Gasteiger partial charge >= 0.3 is 5.97 Å². The van der Waals surface area contributed by atoms with Gasteiger partial charge in [0, 0.05) is 30.6 Å². The van der Waals surface area contributed by atoms with E-state index < -0.39 is 109 Å². The molecule has 52 heavy (non-hydrogen) atoms. The van der Waals surface area contributed by atoms with E-state index in [9.17, 15) is 39.9 Å². The molecular weight excluding hydrogens is 678 g/mol. The number of aliphatic hydroxyl groups excluding tert-OH is 4. The average Bonchev–Trinajstić information content (AvgIpc) is 3.07. The van der Waals surface area contributed by atoms with Gasteiger partial charge in [-0.1, -0.05) is 38.5 Å². The van der Waals surface area contributed by atoms with E-state index in [1.165, 1.54) is 13.0 Å². The molecule has 0 spiro atoms. The summed E-state index contributed by atoms with van der Waals surface area (Å²) in [4.78, 5) is 40.3. The molecule has 1 unspecified atom stereocenters. The van der Waals surface area contributed by atoms with Crippen molar-refractivity contribution in [1.29, 1.82) is 0 Å². The van der Waals surface area contributed by atoms with Crippen molar-refractivity contribution in [3.05, 3.63) is 23.8 Å². The van der Waals surface area contributed by atoms with Gasteiger partial charge in [0.15, 0.2) is 18.4 Å². The molecular formula is C38H63NO13. The number of nitrogens with zero attached hydrogens (tertiary/aromatic N) is 1. The van der Waals surface area contributed by atoms with Crippen LogP contribution in [0.2, 0.25) is 0 Å². The Morgan fingerprint density at radius 1 is 1.02 bits per heavy atom. The fraction of sp³-hybridized carbons (Fsp3) is 0.816. The van der Waals surface area contributed by atoms with Crippen LogP contribution in [0.4, 0.5) is 0 Å². The first-order valence-electron chi connectivity index (χ1n) is 18.5. The molecule has 0 aromatic carbocycles. The van der Waals surface area contributed by atoms with Crippen molar-refractivity contribution in [3.8, 4) is 0 Å².